The van der Waals surface area contributed by atoms with Gasteiger partial charge in [-0.15, -0.1) is 0 Å². The molecule has 0 aromatic heterocycles. The lowest BCUT2D eigenvalue weighted by molar-refractivity contribution is -0.166. The Hall–Kier alpha value is -1.70. The Morgan fingerprint density at radius 2 is 1.86 bits per heavy atom. The summed E-state index contributed by atoms with van der Waals surface area (Å²) in [5, 5.41) is 19.1. The number of hydrogen-bond acceptors (Lipinski definition) is 7. The summed E-state index contributed by atoms with van der Waals surface area (Å²) in [6.45, 7) is 9.15. The van der Waals surface area contributed by atoms with Gasteiger partial charge in [-0.1, -0.05) is 13.2 Å². The smallest absolute Gasteiger partial charge is 0.333 e. The highest BCUT2D eigenvalue weighted by atomic mass is 16.6. The Kier molecular flexibility index (Phi) is 6.07. The minimum absolute atomic E-state index is 0.0973. The van der Waals surface area contributed by atoms with Gasteiger partial charge in [-0.25, -0.2) is 9.59 Å². The van der Waals surface area contributed by atoms with Crippen LogP contribution >= 0.6 is 0 Å². The van der Waals surface area contributed by atoms with Crippen molar-refractivity contribution in [2.24, 2.45) is 0 Å². The van der Waals surface area contributed by atoms with E-state index in [1.165, 1.54) is 13.8 Å². The maximum absolute atomic E-state index is 11.6. The Bertz CT molecular complexity index is 443. The first-order chi connectivity index (χ1) is 9.77. The second-order valence-corrected chi connectivity index (χ2v) is 4.92. The molecule has 1 fully saturated rings. The molecule has 1 aliphatic rings. The first kappa shape index (κ1) is 17.4. The van der Waals surface area contributed by atoms with Crippen LogP contribution in [0.5, 0.6) is 0 Å². The maximum atomic E-state index is 11.6. The van der Waals surface area contributed by atoms with Crippen LogP contribution in [0.1, 0.15) is 13.8 Å². The van der Waals surface area contributed by atoms with Gasteiger partial charge in [0.1, 0.15) is 12.2 Å². The van der Waals surface area contributed by atoms with E-state index in [-0.39, 0.29) is 17.8 Å². The highest BCUT2D eigenvalue weighted by Gasteiger charge is 2.45. The third-order valence-corrected chi connectivity index (χ3v) is 2.91. The Labute approximate surface area is 122 Å². The molecule has 0 unspecified atom stereocenters. The van der Waals surface area contributed by atoms with E-state index in [9.17, 15) is 19.8 Å². The van der Waals surface area contributed by atoms with E-state index < -0.39 is 43.0 Å². The summed E-state index contributed by atoms with van der Waals surface area (Å²) in [5.41, 5.74) is 0.315. The van der Waals surface area contributed by atoms with Crippen LogP contribution in [0.15, 0.2) is 24.3 Å². The number of carbonyl (C=O) groups excluding carboxylic acids is 2. The van der Waals surface area contributed by atoms with E-state index in [1.807, 2.05) is 0 Å². The van der Waals surface area contributed by atoms with Gasteiger partial charge in [0.15, 0.2) is 12.2 Å². The zero-order valence-corrected chi connectivity index (χ0v) is 12.1. The lowest BCUT2D eigenvalue weighted by Gasteiger charge is -2.26. The van der Waals surface area contributed by atoms with Crippen LogP contribution in [0.4, 0.5) is 0 Å². The third kappa shape index (κ3) is 4.38. The molecular weight excluding hydrogens is 280 g/mol. The van der Waals surface area contributed by atoms with Gasteiger partial charge in [-0.3, -0.25) is 0 Å². The molecule has 0 aliphatic carbocycles. The summed E-state index contributed by atoms with van der Waals surface area (Å²) in [6.07, 6.45) is -4.16. The molecule has 0 spiro atoms. The number of hydrogen-bond donors (Lipinski definition) is 2. The highest BCUT2D eigenvalue weighted by Crippen LogP contribution is 2.24. The Balaban J connectivity index is 2.81. The van der Waals surface area contributed by atoms with Crippen molar-refractivity contribution in [2.75, 3.05) is 13.2 Å². The molecule has 0 bridgehead atoms. The van der Waals surface area contributed by atoms with Gasteiger partial charge in [0.05, 0.1) is 13.2 Å². The van der Waals surface area contributed by atoms with Gasteiger partial charge in [0.25, 0.3) is 0 Å². The lowest BCUT2D eigenvalue weighted by Crippen LogP contribution is -2.45. The molecule has 0 amide bonds. The average Bonchev–Trinajstić information content (AvgIpc) is 2.77. The molecule has 0 aromatic rings. The minimum atomic E-state index is -1.07. The number of aliphatic hydroxyl groups is 2. The molecule has 0 aromatic carbocycles. The SMILES string of the molecule is C=C(C)C(=O)O[C@H]1[C@@H]([C@@H](CO)OC(=O)C(=C)C)OC[C@@H]1O. The molecule has 2 N–H and O–H groups in total. The van der Waals surface area contributed by atoms with E-state index in [1.54, 1.807) is 0 Å². The van der Waals surface area contributed by atoms with Crippen molar-refractivity contribution in [3.63, 3.8) is 0 Å². The predicted molar refractivity (Wildman–Crippen MR) is 72.2 cm³/mol. The summed E-state index contributed by atoms with van der Waals surface area (Å²) >= 11 is 0. The van der Waals surface area contributed by atoms with E-state index in [0.29, 0.717) is 0 Å². The standard InChI is InChI=1S/C14H20O7/c1-7(2)13(17)20-10(5-15)12-11(9(16)6-19-12)21-14(18)8(3)4/h9-12,15-16H,1,3,5-6H2,2,4H3/t9-,10+,11+,12+/m0/s1. The zero-order valence-electron chi connectivity index (χ0n) is 12.1. The second kappa shape index (κ2) is 7.35. The van der Waals surface area contributed by atoms with Crippen molar-refractivity contribution in [3.8, 4) is 0 Å². The molecule has 7 nitrogen and oxygen atoms in total. The van der Waals surface area contributed by atoms with Gasteiger partial charge >= 0.3 is 11.9 Å². The summed E-state index contributed by atoms with van der Waals surface area (Å²) < 4.78 is 15.4. The number of aliphatic hydroxyl groups excluding tert-OH is 2. The van der Waals surface area contributed by atoms with Gasteiger partial charge in [-0.2, -0.15) is 0 Å². The van der Waals surface area contributed by atoms with Gasteiger partial charge in [0.2, 0.25) is 0 Å². The number of carbonyl (C=O) groups is 2. The molecule has 7 heteroatoms. The molecule has 1 rings (SSSR count). The average molecular weight is 300 g/mol. The molecule has 1 saturated heterocycles. The lowest BCUT2D eigenvalue weighted by atomic mass is 10.1. The second-order valence-electron chi connectivity index (χ2n) is 4.92. The predicted octanol–water partition coefficient (Wildman–Crippen LogP) is -0.286. The molecule has 21 heavy (non-hydrogen) atoms. The van der Waals surface area contributed by atoms with Crippen LogP contribution in [-0.4, -0.2) is 59.8 Å². The topological polar surface area (TPSA) is 102 Å². The van der Waals surface area contributed by atoms with Crippen LogP contribution in [0.3, 0.4) is 0 Å². The van der Waals surface area contributed by atoms with Crippen LogP contribution in [0.2, 0.25) is 0 Å². The molecule has 118 valence electrons. The largest absolute Gasteiger partial charge is 0.454 e. The normalized spacial score (nSPS) is 26.0. The summed E-state index contributed by atoms with van der Waals surface area (Å²) in [6, 6.07) is 0. The molecule has 1 heterocycles. The molecule has 4 atom stereocenters. The van der Waals surface area contributed by atoms with Crippen molar-refractivity contribution in [1.29, 1.82) is 0 Å². The molecule has 0 saturated carbocycles. The van der Waals surface area contributed by atoms with Crippen LogP contribution in [0.25, 0.3) is 0 Å². The molecule has 1 aliphatic heterocycles. The van der Waals surface area contributed by atoms with E-state index in [2.05, 4.69) is 13.2 Å². The molecule has 0 radical (unpaired) electrons. The molecular formula is C14H20O7. The summed E-state index contributed by atoms with van der Waals surface area (Å²) in [4.78, 5) is 23.1. The van der Waals surface area contributed by atoms with Gasteiger partial charge in [0, 0.05) is 11.1 Å². The first-order valence-electron chi connectivity index (χ1n) is 6.41. The quantitative estimate of drug-likeness (QED) is 0.513. The fourth-order valence-electron chi connectivity index (χ4n) is 1.75. The Morgan fingerprint density at radius 3 is 2.33 bits per heavy atom. The fraction of sp³-hybridized carbons (Fsp3) is 0.571. The van der Waals surface area contributed by atoms with Crippen molar-refractivity contribution < 1.29 is 34.0 Å². The zero-order chi connectivity index (χ0) is 16.2. The third-order valence-electron chi connectivity index (χ3n) is 2.91. The van der Waals surface area contributed by atoms with Crippen molar-refractivity contribution in [3.05, 3.63) is 24.3 Å². The number of esters is 2. The van der Waals surface area contributed by atoms with Gasteiger partial charge in [-0.05, 0) is 13.8 Å². The monoisotopic (exact) mass is 300 g/mol. The van der Waals surface area contributed by atoms with E-state index in [4.69, 9.17) is 14.2 Å². The summed E-state index contributed by atoms with van der Waals surface area (Å²) in [5.74, 6) is -1.40. The van der Waals surface area contributed by atoms with Crippen LogP contribution in [0, 0.1) is 0 Å². The van der Waals surface area contributed by atoms with Crippen molar-refractivity contribution in [2.45, 2.75) is 38.3 Å². The Morgan fingerprint density at radius 1 is 1.29 bits per heavy atom. The first-order valence-corrected chi connectivity index (χ1v) is 6.41. The van der Waals surface area contributed by atoms with E-state index in [0.717, 1.165) is 0 Å². The van der Waals surface area contributed by atoms with Crippen molar-refractivity contribution >= 4 is 11.9 Å². The van der Waals surface area contributed by atoms with Crippen molar-refractivity contribution in [1.82, 2.24) is 0 Å². The van der Waals surface area contributed by atoms with E-state index >= 15 is 0 Å². The highest BCUT2D eigenvalue weighted by molar-refractivity contribution is 5.87. The number of ether oxygens (including phenoxy) is 3. The summed E-state index contributed by atoms with van der Waals surface area (Å²) in [7, 11) is 0. The van der Waals surface area contributed by atoms with Crippen LogP contribution in [-0.2, 0) is 23.8 Å². The minimum Gasteiger partial charge on any atom is -0.454 e. The van der Waals surface area contributed by atoms with Gasteiger partial charge < -0.3 is 24.4 Å². The van der Waals surface area contributed by atoms with Crippen LogP contribution < -0.4 is 0 Å². The fourth-order valence-corrected chi connectivity index (χ4v) is 1.75. The number of rotatable bonds is 6. The maximum Gasteiger partial charge on any atom is 0.333 e.